The standard InChI is InChI=1S/C19H21N3O4S/c1-4-5-17-21-22-19(27-17)20-16(23)9-8-14-11(2)13-7-6-12(25-3)10-15(13)26-18(14)24/h6-7,10H,4-5,8-9H2,1-3H3,(H,20,22,23). The van der Waals surface area contributed by atoms with Crippen molar-refractivity contribution in [3.63, 3.8) is 0 Å². The number of rotatable bonds is 7. The average molecular weight is 387 g/mol. The molecule has 27 heavy (non-hydrogen) atoms. The number of aryl methyl sites for hydroxylation is 2. The minimum atomic E-state index is -0.429. The summed E-state index contributed by atoms with van der Waals surface area (Å²) in [4.78, 5) is 24.5. The minimum absolute atomic E-state index is 0.163. The molecule has 0 saturated heterocycles. The third kappa shape index (κ3) is 4.33. The number of fused-ring (bicyclic) bond motifs is 1. The molecule has 3 rings (SSSR count). The SMILES string of the molecule is CCCc1nnc(NC(=O)CCc2c(C)c3ccc(OC)cc3oc2=O)s1. The summed E-state index contributed by atoms with van der Waals surface area (Å²) in [6, 6.07) is 5.35. The first kappa shape index (κ1) is 19.0. The molecule has 0 spiro atoms. The maximum absolute atomic E-state index is 12.3. The van der Waals surface area contributed by atoms with Gasteiger partial charge < -0.3 is 14.5 Å². The fraction of sp³-hybridized carbons (Fsp3) is 0.368. The van der Waals surface area contributed by atoms with Gasteiger partial charge in [0.25, 0.3) is 0 Å². The Labute approximate surface area is 160 Å². The van der Waals surface area contributed by atoms with E-state index in [1.54, 1.807) is 13.2 Å². The summed E-state index contributed by atoms with van der Waals surface area (Å²) in [7, 11) is 1.56. The van der Waals surface area contributed by atoms with Gasteiger partial charge in [-0.05, 0) is 37.5 Å². The van der Waals surface area contributed by atoms with Crippen LogP contribution in [0.1, 0.15) is 35.9 Å². The Morgan fingerprint density at radius 2 is 2.11 bits per heavy atom. The van der Waals surface area contributed by atoms with Crippen LogP contribution in [0.15, 0.2) is 27.4 Å². The van der Waals surface area contributed by atoms with Gasteiger partial charge in [0.15, 0.2) is 0 Å². The first-order valence-corrected chi connectivity index (χ1v) is 9.56. The van der Waals surface area contributed by atoms with Crippen molar-refractivity contribution in [1.82, 2.24) is 10.2 Å². The fourth-order valence-corrected chi connectivity index (χ4v) is 3.69. The van der Waals surface area contributed by atoms with Crippen LogP contribution in [0.25, 0.3) is 11.0 Å². The second-order valence-electron chi connectivity index (χ2n) is 6.15. The lowest BCUT2D eigenvalue weighted by molar-refractivity contribution is -0.116. The van der Waals surface area contributed by atoms with Gasteiger partial charge in [0.1, 0.15) is 16.3 Å². The number of aromatic nitrogens is 2. The molecule has 3 aromatic rings. The average Bonchev–Trinajstić information content (AvgIpc) is 3.08. The quantitative estimate of drug-likeness (QED) is 0.624. The number of carbonyl (C=O) groups is 1. The van der Waals surface area contributed by atoms with Crippen molar-refractivity contribution in [1.29, 1.82) is 0 Å². The molecule has 142 valence electrons. The number of nitrogens with zero attached hydrogens (tertiary/aromatic N) is 2. The number of amides is 1. The van der Waals surface area contributed by atoms with Gasteiger partial charge in [-0.15, -0.1) is 10.2 Å². The summed E-state index contributed by atoms with van der Waals surface area (Å²) in [5.41, 5.74) is 1.37. The van der Waals surface area contributed by atoms with E-state index in [2.05, 4.69) is 22.4 Å². The second-order valence-corrected chi connectivity index (χ2v) is 7.22. The lowest BCUT2D eigenvalue weighted by Gasteiger charge is -2.08. The summed E-state index contributed by atoms with van der Waals surface area (Å²) in [6.45, 7) is 3.92. The van der Waals surface area contributed by atoms with E-state index in [-0.39, 0.29) is 12.3 Å². The maximum atomic E-state index is 12.3. The molecule has 1 N–H and O–H groups in total. The molecule has 0 bridgehead atoms. The van der Waals surface area contributed by atoms with Gasteiger partial charge in [0, 0.05) is 29.9 Å². The molecule has 1 aromatic carbocycles. The lowest BCUT2D eigenvalue weighted by Crippen LogP contribution is -2.16. The first-order valence-electron chi connectivity index (χ1n) is 8.74. The number of benzene rings is 1. The van der Waals surface area contributed by atoms with Crippen LogP contribution in [0.3, 0.4) is 0 Å². The van der Waals surface area contributed by atoms with Crippen molar-refractivity contribution in [2.45, 2.75) is 39.5 Å². The first-order chi connectivity index (χ1) is 13.0. The molecule has 0 aliphatic carbocycles. The van der Waals surface area contributed by atoms with Crippen LogP contribution in [0, 0.1) is 6.92 Å². The van der Waals surface area contributed by atoms with Gasteiger partial charge >= 0.3 is 5.63 Å². The van der Waals surface area contributed by atoms with Gasteiger partial charge in [-0.2, -0.15) is 0 Å². The molecule has 0 saturated carbocycles. The van der Waals surface area contributed by atoms with Crippen LogP contribution >= 0.6 is 11.3 Å². The monoisotopic (exact) mass is 387 g/mol. The minimum Gasteiger partial charge on any atom is -0.497 e. The summed E-state index contributed by atoms with van der Waals surface area (Å²) in [5.74, 6) is 0.416. The van der Waals surface area contributed by atoms with E-state index < -0.39 is 5.63 Å². The van der Waals surface area contributed by atoms with Crippen LogP contribution in [0.2, 0.25) is 0 Å². The molecule has 0 atom stereocenters. The highest BCUT2D eigenvalue weighted by atomic mass is 32.1. The number of anilines is 1. The Morgan fingerprint density at radius 1 is 1.30 bits per heavy atom. The predicted octanol–water partition coefficient (Wildman–Crippen LogP) is 3.49. The smallest absolute Gasteiger partial charge is 0.339 e. The largest absolute Gasteiger partial charge is 0.497 e. The number of methoxy groups -OCH3 is 1. The Hall–Kier alpha value is -2.74. The molecule has 0 aliphatic rings. The number of hydrogen-bond acceptors (Lipinski definition) is 7. The van der Waals surface area contributed by atoms with Crippen molar-refractivity contribution < 1.29 is 13.9 Å². The summed E-state index contributed by atoms with van der Waals surface area (Å²) in [6.07, 6.45) is 2.28. The van der Waals surface area contributed by atoms with E-state index in [9.17, 15) is 9.59 Å². The van der Waals surface area contributed by atoms with E-state index in [4.69, 9.17) is 9.15 Å². The van der Waals surface area contributed by atoms with E-state index in [0.29, 0.717) is 28.4 Å². The van der Waals surface area contributed by atoms with Crippen LogP contribution in [-0.2, 0) is 17.6 Å². The molecule has 2 aromatic heterocycles. The topological polar surface area (TPSA) is 94.3 Å². The molecule has 0 radical (unpaired) electrons. The molecule has 1 amide bonds. The zero-order valence-electron chi connectivity index (χ0n) is 15.5. The Balaban J connectivity index is 1.72. The molecular weight excluding hydrogens is 366 g/mol. The number of nitrogens with one attached hydrogen (secondary N) is 1. The van der Waals surface area contributed by atoms with Crippen molar-refractivity contribution >= 4 is 33.3 Å². The van der Waals surface area contributed by atoms with E-state index in [1.807, 2.05) is 19.1 Å². The third-order valence-corrected chi connectivity index (χ3v) is 5.17. The lowest BCUT2D eigenvalue weighted by atomic mass is 10.0. The second kappa shape index (κ2) is 8.30. The zero-order chi connectivity index (χ0) is 19.4. The number of carbonyl (C=O) groups excluding carboxylic acids is 1. The summed E-state index contributed by atoms with van der Waals surface area (Å²) >= 11 is 1.37. The molecule has 7 nitrogen and oxygen atoms in total. The number of ether oxygens (including phenoxy) is 1. The van der Waals surface area contributed by atoms with Crippen molar-refractivity contribution in [3.05, 3.63) is 44.8 Å². The Morgan fingerprint density at radius 3 is 2.85 bits per heavy atom. The van der Waals surface area contributed by atoms with Crippen LogP contribution < -0.4 is 15.7 Å². The van der Waals surface area contributed by atoms with Gasteiger partial charge in [0.2, 0.25) is 11.0 Å². The molecule has 0 fully saturated rings. The Bertz CT molecular complexity index is 1030. The highest BCUT2D eigenvalue weighted by molar-refractivity contribution is 7.15. The van der Waals surface area contributed by atoms with Crippen molar-refractivity contribution in [3.8, 4) is 5.75 Å². The predicted molar refractivity (Wildman–Crippen MR) is 105 cm³/mol. The molecule has 0 aliphatic heterocycles. The highest BCUT2D eigenvalue weighted by Crippen LogP contribution is 2.24. The molecular formula is C19H21N3O4S. The maximum Gasteiger partial charge on any atom is 0.339 e. The Kier molecular flexibility index (Phi) is 5.85. The highest BCUT2D eigenvalue weighted by Gasteiger charge is 2.14. The van der Waals surface area contributed by atoms with Gasteiger partial charge in [-0.3, -0.25) is 4.79 Å². The summed E-state index contributed by atoms with van der Waals surface area (Å²) in [5, 5.41) is 13.0. The van der Waals surface area contributed by atoms with Crippen LogP contribution in [0.4, 0.5) is 5.13 Å². The third-order valence-electron chi connectivity index (χ3n) is 4.27. The van der Waals surface area contributed by atoms with Crippen LogP contribution in [0.5, 0.6) is 5.75 Å². The van der Waals surface area contributed by atoms with Crippen LogP contribution in [-0.4, -0.2) is 23.2 Å². The normalized spacial score (nSPS) is 10.9. The van der Waals surface area contributed by atoms with E-state index in [0.717, 1.165) is 28.8 Å². The zero-order valence-corrected chi connectivity index (χ0v) is 16.3. The van der Waals surface area contributed by atoms with Crippen molar-refractivity contribution in [2.24, 2.45) is 0 Å². The molecule has 2 heterocycles. The van der Waals surface area contributed by atoms with Gasteiger partial charge in [-0.25, -0.2) is 4.79 Å². The van der Waals surface area contributed by atoms with Gasteiger partial charge in [-0.1, -0.05) is 18.3 Å². The van der Waals surface area contributed by atoms with E-state index >= 15 is 0 Å². The fourth-order valence-electron chi connectivity index (χ4n) is 2.83. The van der Waals surface area contributed by atoms with Crippen molar-refractivity contribution in [2.75, 3.05) is 12.4 Å². The summed E-state index contributed by atoms with van der Waals surface area (Å²) < 4.78 is 10.6. The molecule has 0 unspecified atom stereocenters. The van der Waals surface area contributed by atoms with Gasteiger partial charge in [0.05, 0.1) is 7.11 Å². The number of hydrogen-bond donors (Lipinski definition) is 1. The molecule has 8 heteroatoms. The van der Waals surface area contributed by atoms with E-state index in [1.165, 1.54) is 11.3 Å².